The van der Waals surface area contributed by atoms with Gasteiger partial charge in [0.15, 0.2) is 0 Å². The van der Waals surface area contributed by atoms with Gasteiger partial charge in [0.1, 0.15) is 0 Å². The number of nitrogens with one attached hydrogen (secondary N) is 2. The van der Waals surface area contributed by atoms with Gasteiger partial charge < -0.3 is 10.6 Å². The molecular formula is C16H27N3. The second-order valence-corrected chi connectivity index (χ2v) is 5.64. The molecule has 1 aliphatic rings. The third-order valence-corrected chi connectivity index (χ3v) is 4.07. The molecule has 106 valence electrons. The summed E-state index contributed by atoms with van der Waals surface area (Å²) in [5, 5.41) is 6.94. The zero-order valence-electron chi connectivity index (χ0n) is 12.6. The summed E-state index contributed by atoms with van der Waals surface area (Å²) in [5.41, 5.74) is 5.71. The molecule has 0 saturated carbocycles. The predicted molar refractivity (Wildman–Crippen MR) is 81.7 cm³/mol. The Balaban J connectivity index is 1.74. The first-order valence-corrected chi connectivity index (χ1v) is 7.37. The molecule has 0 atom stereocenters. The summed E-state index contributed by atoms with van der Waals surface area (Å²) in [6.07, 6.45) is 1.12. The van der Waals surface area contributed by atoms with Crippen LogP contribution in [0.1, 0.15) is 22.3 Å². The van der Waals surface area contributed by atoms with Gasteiger partial charge in [-0.05, 0) is 49.4 Å². The van der Waals surface area contributed by atoms with Crippen LogP contribution in [0.4, 0.5) is 0 Å². The van der Waals surface area contributed by atoms with Crippen LogP contribution >= 0.6 is 0 Å². The van der Waals surface area contributed by atoms with E-state index in [9.17, 15) is 0 Å². The molecule has 0 spiro atoms. The third-order valence-electron chi connectivity index (χ3n) is 4.07. The number of benzene rings is 1. The van der Waals surface area contributed by atoms with Crippen molar-refractivity contribution in [2.75, 3.05) is 39.4 Å². The quantitative estimate of drug-likeness (QED) is 0.789. The highest BCUT2D eigenvalue weighted by atomic mass is 15.2. The molecule has 0 unspecified atom stereocenters. The number of rotatable bonds is 5. The maximum absolute atomic E-state index is 3.56. The number of hydrogen-bond donors (Lipinski definition) is 2. The predicted octanol–water partition coefficient (Wildman–Crippen LogP) is 1.61. The van der Waals surface area contributed by atoms with Crippen molar-refractivity contribution in [3.8, 4) is 0 Å². The molecular weight excluding hydrogens is 234 g/mol. The van der Waals surface area contributed by atoms with Crippen molar-refractivity contribution in [2.24, 2.45) is 0 Å². The molecule has 2 N–H and O–H groups in total. The molecule has 1 aromatic rings. The Morgan fingerprint density at radius 1 is 1.05 bits per heavy atom. The molecule has 2 rings (SSSR count). The highest BCUT2D eigenvalue weighted by Gasteiger charge is 2.08. The van der Waals surface area contributed by atoms with Gasteiger partial charge in [-0.1, -0.05) is 12.1 Å². The fraction of sp³-hybridized carbons (Fsp3) is 0.625. The van der Waals surface area contributed by atoms with Gasteiger partial charge in [0.25, 0.3) is 0 Å². The number of nitrogens with zero attached hydrogens (tertiary/aromatic N) is 1. The van der Waals surface area contributed by atoms with Crippen LogP contribution in [-0.2, 0) is 6.42 Å². The summed E-state index contributed by atoms with van der Waals surface area (Å²) < 4.78 is 0. The Morgan fingerprint density at radius 2 is 1.74 bits per heavy atom. The van der Waals surface area contributed by atoms with E-state index >= 15 is 0 Å². The van der Waals surface area contributed by atoms with Crippen LogP contribution in [0.25, 0.3) is 0 Å². The first-order valence-electron chi connectivity index (χ1n) is 7.37. The normalized spacial score (nSPS) is 16.8. The van der Waals surface area contributed by atoms with Crippen LogP contribution < -0.4 is 10.6 Å². The molecule has 0 aliphatic carbocycles. The van der Waals surface area contributed by atoms with E-state index in [1.165, 1.54) is 22.3 Å². The summed E-state index contributed by atoms with van der Waals surface area (Å²) in [5.74, 6) is 0. The van der Waals surface area contributed by atoms with E-state index in [2.05, 4.69) is 48.4 Å². The summed E-state index contributed by atoms with van der Waals surface area (Å²) in [4.78, 5) is 2.48. The minimum Gasteiger partial charge on any atom is -0.314 e. The van der Waals surface area contributed by atoms with E-state index < -0.39 is 0 Å². The third kappa shape index (κ3) is 4.30. The first kappa shape index (κ1) is 14.5. The fourth-order valence-corrected chi connectivity index (χ4v) is 2.62. The number of piperazine rings is 1. The SMILES string of the molecule is Cc1cc(C)c(CCNCN2CCNCC2)cc1C. The largest absolute Gasteiger partial charge is 0.314 e. The Bertz CT molecular complexity index is 409. The number of hydrogen-bond acceptors (Lipinski definition) is 3. The smallest absolute Gasteiger partial charge is 0.0481 e. The summed E-state index contributed by atoms with van der Waals surface area (Å²) >= 11 is 0. The van der Waals surface area contributed by atoms with E-state index in [0.29, 0.717) is 0 Å². The van der Waals surface area contributed by atoms with Crippen LogP contribution in [0.5, 0.6) is 0 Å². The van der Waals surface area contributed by atoms with Crippen LogP contribution in [0.3, 0.4) is 0 Å². The lowest BCUT2D eigenvalue weighted by molar-refractivity contribution is 0.224. The van der Waals surface area contributed by atoms with Crippen molar-refractivity contribution in [1.82, 2.24) is 15.5 Å². The highest BCUT2D eigenvalue weighted by molar-refractivity contribution is 5.36. The van der Waals surface area contributed by atoms with Gasteiger partial charge in [0, 0.05) is 39.4 Å². The van der Waals surface area contributed by atoms with Crippen LogP contribution in [0, 0.1) is 20.8 Å². The maximum Gasteiger partial charge on any atom is 0.0481 e. The van der Waals surface area contributed by atoms with Crippen LogP contribution in [0.15, 0.2) is 12.1 Å². The van der Waals surface area contributed by atoms with Crippen molar-refractivity contribution < 1.29 is 0 Å². The van der Waals surface area contributed by atoms with Gasteiger partial charge in [-0.25, -0.2) is 0 Å². The lowest BCUT2D eigenvalue weighted by atomic mass is 9.99. The minimum atomic E-state index is 1.02. The zero-order valence-corrected chi connectivity index (χ0v) is 12.6. The van der Waals surface area contributed by atoms with E-state index in [1.54, 1.807) is 0 Å². The molecule has 0 bridgehead atoms. The standard InChI is InChI=1S/C16H27N3/c1-13-10-15(3)16(11-14(13)2)4-5-18-12-19-8-6-17-7-9-19/h10-11,17-18H,4-9,12H2,1-3H3. The lowest BCUT2D eigenvalue weighted by Crippen LogP contribution is -2.47. The van der Waals surface area contributed by atoms with Gasteiger partial charge >= 0.3 is 0 Å². The molecule has 0 amide bonds. The second-order valence-electron chi connectivity index (χ2n) is 5.64. The van der Waals surface area contributed by atoms with Gasteiger partial charge in [-0.15, -0.1) is 0 Å². The van der Waals surface area contributed by atoms with Gasteiger partial charge in [-0.2, -0.15) is 0 Å². The molecule has 1 saturated heterocycles. The molecule has 1 heterocycles. The fourth-order valence-electron chi connectivity index (χ4n) is 2.62. The average Bonchev–Trinajstić information content (AvgIpc) is 2.41. The Morgan fingerprint density at radius 3 is 2.47 bits per heavy atom. The number of aryl methyl sites for hydroxylation is 3. The summed E-state index contributed by atoms with van der Waals surface area (Å²) in [7, 11) is 0. The molecule has 0 radical (unpaired) electrons. The highest BCUT2D eigenvalue weighted by Crippen LogP contribution is 2.15. The summed E-state index contributed by atoms with van der Waals surface area (Å²) in [6.45, 7) is 13.3. The van der Waals surface area contributed by atoms with E-state index in [0.717, 1.165) is 45.8 Å². The van der Waals surface area contributed by atoms with E-state index in [1.807, 2.05) is 0 Å². The van der Waals surface area contributed by atoms with Crippen LogP contribution in [0.2, 0.25) is 0 Å². The van der Waals surface area contributed by atoms with Crippen molar-refractivity contribution in [2.45, 2.75) is 27.2 Å². The first-order chi connectivity index (χ1) is 9.16. The molecule has 19 heavy (non-hydrogen) atoms. The van der Waals surface area contributed by atoms with E-state index in [-0.39, 0.29) is 0 Å². The summed E-state index contributed by atoms with van der Waals surface area (Å²) in [6, 6.07) is 4.65. The van der Waals surface area contributed by atoms with Crippen molar-refractivity contribution in [3.05, 3.63) is 34.4 Å². The minimum absolute atomic E-state index is 1.02. The molecule has 1 fully saturated rings. The zero-order chi connectivity index (χ0) is 13.7. The Labute approximate surface area is 117 Å². The van der Waals surface area contributed by atoms with E-state index in [4.69, 9.17) is 0 Å². The molecule has 1 aromatic carbocycles. The topological polar surface area (TPSA) is 27.3 Å². The monoisotopic (exact) mass is 261 g/mol. The van der Waals surface area contributed by atoms with Gasteiger partial charge in [0.2, 0.25) is 0 Å². The van der Waals surface area contributed by atoms with Gasteiger partial charge in [0.05, 0.1) is 0 Å². The van der Waals surface area contributed by atoms with Crippen molar-refractivity contribution >= 4 is 0 Å². The second kappa shape index (κ2) is 7.04. The Hall–Kier alpha value is -0.900. The average molecular weight is 261 g/mol. The lowest BCUT2D eigenvalue weighted by Gasteiger charge is -2.27. The molecule has 1 aliphatic heterocycles. The van der Waals surface area contributed by atoms with Crippen molar-refractivity contribution in [3.63, 3.8) is 0 Å². The van der Waals surface area contributed by atoms with Crippen LogP contribution in [-0.4, -0.2) is 44.3 Å². The molecule has 0 aromatic heterocycles. The molecule has 3 nitrogen and oxygen atoms in total. The Kier molecular flexibility index (Phi) is 5.37. The molecule has 3 heteroatoms. The van der Waals surface area contributed by atoms with Crippen molar-refractivity contribution in [1.29, 1.82) is 0 Å². The van der Waals surface area contributed by atoms with Gasteiger partial charge in [-0.3, -0.25) is 4.90 Å². The maximum atomic E-state index is 3.56.